The van der Waals surface area contributed by atoms with Crippen LogP contribution in [-0.4, -0.2) is 86.0 Å². The minimum absolute atomic E-state index is 0. The molecule has 0 aliphatic carbocycles. The largest absolute Gasteiger partial charge is 0.507 e. The number of esters is 2. The molecule has 0 atom stereocenters. The highest BCUT2D eigenvalue weighted by Gasteiger charge is 2.28. The van der Waals surface area contributed by atoms with Crippen LogP contribution in [0.25, 0.3) is 20.4 Å². The van der Waals surface area contributed by atoms with Crippen molar-refractivity contribution in [2.75, 3.05) is 43.3 Å². The number of thioether (sulfide) groups is 4. The zero-order chi connectivity index (χ0) is 52.5. The number of hydrogen-bond acceptors (Lipinski definition) is 15. The van der Waals surface area contributed by atoms with E-state index in [9.17, 15) is 19.8 Å². The van der Waals surface area contributed by atoms with Gasteiger partial charge < -0.3 is 30.3 Å². The summed E-state index contributed by atoms with van der Waals surface area (Å²) in [6.45, 7) is 29.8. The molecule has 0 radical (unpaired) electrons. The lowest BCUT2D eigenvalue weighted by molar-refractivity contribution is -0.140. The average molecular weight is 1100 g/mol. The summed E-state index contributed by atoms with van der Waals surface area (Å²) < 4.78 is 14.5. The fourth-order valence-corrected chi connectivity index (χ4v) is 12.1. The average Bonchev–Trinajstić information content (AvgIpc) is 3.91. The number of nitrogens with zero attached hydrogens (tertiary/aromatic N) is 2. The van der Waals surface area contributed by atoms with E-state index < -0.39 is 0 Å². The number of benzene rings is 4. The topological polar surface area (TPSA) is 171 Å². The molecule has 0 saturated heterocycles. The lowest BCUT2D eigenvalue weighted by Crippen LogP contribution is -2.18. The summed E-state index contributed by atoms with van der Waals surface area (Å²) in [5.74, 6) is 3.85. The predicted octanol–water partition coefficient (Wildman–Crippen LogP) is 14.8. The number of phenols is 2. The minimum atomic E-state index is -0.212. The molecular weight excluding hydrogens is 1020 g/mol. The number of rotatable bonds is 15. The summed E-state index contributed by atoms with van der Waals surface area (Å²) in [6, 6.07) is 24.4. The number of phenolic OH excluding ortho intramolecular Hbond substituents is 2. The number of thiazole rings is 2. The molecule has 6 rings (SSSR count). The van der Waals surface area contributed by atoms with Gasteiger partial charge in [0.25, 0.3) is 0 Å². The van der Waals surface area contributed by atoms with Crippen LogP contribution in [0, 0.1) is 0 Å². The van der Waals surface area contributed by atoms with Crippen LogP contribution in [0.1, 0.15) is 138 Å². The molecule has 0 saturated carbocycles. The quantitative estimate of drug-likeness (QED) is 0.0505. The first-order chi connectivity index (χ1) is 32.8. The Labute approximate surface area is 456 Å². The van der Waals surface area contributed by atoms with E-state index in [2.05, 4.69) is 134 Å². The molecule has 2 aromatic heterocycles. The Hall–Kier alpha value is -3.48. The van der Waals surface area contributed by atoms with E-state index in [0.717, 1.165) is 64.6 Å². The Bertz CT molecular complexity index is 2450. The smallest absolute Gasteiger partial charge is 0.315 e. The van der Waals surface area contributed by atoms with Crippen LogP contribution in [0.5, 0.6) is 11.5 Å². The second kappa shape index (κ2) is 30.8. The minimum Gasteiger partial charge on any atom is -0.507 e. The highest BCUT2D eigenvalue weighted by atomic mass is 32.2. The summed E-state index contributed by atoms with van der Waals surface area (Å²) >= 11 is 9.63. The van der Waals surface area contributed by atoms with Gasteiger partial charge in [0.05, 0.1) is 45.7 Å². The van der Waals surface area contributed by atoms with Crippen molar-refractivity contribution in [2.45, 2.75) is 146 Å². The molecule has 72 heavy (non-hydrogen) atoms. The predicted molar refractivity (Wildman–Crippen MR) is 316 cm³/mol. The Kier molecular flexibility index (Phi) is 28.4. The van der Waals surface area contributed by atoms with Gasteiger partial charge in [0, 0.05) is 23.0 Å². The summed E-state index contributed by atoms with van der Waals surface area (Å²) in [5.41, 5.74) is 7.51. The maximum atomic E-state index is 12.2. The molecule has 16 heteroatoms. The van der Waals surface area contributed by atoms with Crippen LogP contribution >= 0.6 is 69.7 Å². The standard InChI is InChI=1S/C26H33NO3S3.C18H28O3S.C9H9NOS2.C2H6.CH4.H2O/c1-25(2,3)18-13-17(14-19(23(18)29)26(4,5)6)15-31-16-22(28)30-11-12-32-24-27-20-9-7-8-10-21(20)33-24;1-17(2,3)13-8-12(10-22-11-15(19)21-7)9-14(16(13)20)18(4,5)6;11-5-6-12-9-10-7-3-1-2-4-8(7)13-9;1-2;;/h7-10,13-14,29H,11-12,15-16H2,1-6H3;8-9,20H,10-11H2,1-7H3;1-4,11H,5-6H2;1-2H3;1H4;1H2. The van der Waals surface area contributed by atoms with Crippen molar-refractivity contribution >= 4 is 102 Å². The molecule has 0 bridgehead atoms. The van der Waals surface area contributed by atoms with Gasteiger partial charge in [-0.15, -0.1) is 46.2 Å². The van der Waals surface area contributed by atoms with Crippen molar-refractivity contribution in [1.29, 1.82) is 0 Å². The van der Waals surface area contributed by atoms with E-state index in [-0.39, 0.29) is 53.1 Å². The number of aliphatic hydroxyl groups is 1. The number of hydrogen-bond donors (Lipinski definition) is 3. The molecule has 0 amide bonds. The van der Waals surface area contributed by atoms with Gasteiger partial charge in [0.15, 0.2) is 8.68 Å². The van der Waals surface area contributed by atoms with Crippen molar-refractivity contribution in [3.05, 3.63) is 106 Å². The second-order valence-electron chi connectivity index (χ2n) is 20.2. The Morgan fingerprint density at radius 2 is 0.931 bits per heavy atom. The van der Waals surface area contributed by atoms with Gasteiger partial charge in [-0.05, 0) is 79.3 Å². The maximum Gasteiger partial charge on any atom is 0.315 e. The van der Waals surface area contributed by atoms with Crippen LogP contribution in [0.2, 0.25) is 0 Å². The molecule has 400 valence electrons. The molecule has 4 aromatic carbocycles. The van der Waals surface area contributed by atoms with Gasteiger partial charge in [-0.1, -0.05) is 176 Å². The number of carbonyl (C=O) groups excluding carboxylic acids is 2. The fourth-order valence-electron chi connectivity index (χ4n) is 6.69. The molecule has 10 nitrogen and oxygen atoms in total. The van der Waals surface area contributed by atoms with E-state index in [4.69, 9.17) is 9.84 Å². The van der Waals surface area contributed by atoms with Gasteiger partial charge in [0.2, 0.25) is 0 Å². The number of fused-ring (bicyclic) bond motifs is 2. The zero-order valence-corrected chi connectivity index (χ0v) is 49.3. The monoisotopic (exact) mass is 1100 g/mol. The number of ether oxygens (including phenoxy) is 2. The van der Waals surface area contributed by atoms with Gasteiger partial charge in [0.1, 0.15) is 18.1 Å². The third-order valence-corrected chi connectivity index (χ3v) is 16.5. The number of aromatic hydroxyl groups is 2. The highest BCUT2D eigenvalue weighted by Crippen LogP contribution is 2.42. The second-order valence-corrected chi connectivity index (χ2v) is 26.9. The van der Waals surface area contributed by atoms with Gasteiger partial charge in [-0.25, -0.2) is 9.97 Å². The highest BCUT2D eigenvalue weighted by molar-refractivity contribution is 8.01. The van der Waals surface area contributed by atoms with Crippen molar-refractivity contribution in [2.24, 2.45) is 0 Å². The van der Waals surface area contributed by atoms with Gasteiger partial charge in [-0.3, -0.25) is 9.59 Å². The molecule has 2 heterocycles. The van der Waals surface area contributed by atoms with Crippen LogP contribution in [0.15, 0.2) is 81.5 Å². The van der Waals surface area contributed by atoms with Crippen LogP contribution in [0.4, 0.5) is 0 Å². The zero-order valence-electron chi connectivity index (χ0n) is 44.4. The third-order valence-electron chi connectivity index (χ3n) is 10.2. The molecule has 5 N–H and O–H groups in total. The van der Waals surface area contributed by atoms with E-state index in [0.29, 0.717) is 41.1 Å². The first kappa shape index (κ1) is 66.5. The van der Waals surface area contributed by atoms with Crippen molar-refractivity contribution < 1.29 is 39.9 Å². The molecule has 0 spiro atoms. The van der Waals surface area contributed by atoms with E-state index in [1.54, 1.807) is 58.0 Å². The Balaban J connectivity index is 0.000000572. The summed E-state index contributed by atoms with van der Waals surface area (Å²) in [7, 11) is 1.40. The number of carbonyl (C=O) groups is 2. The Morgan fingerprint density at radius 3 is 1.26 bits per heavy atom. The third kappa shape index (κ3) is 21.4. The molecule has 6 aromatic rings. The molecule has 0 aliphatic heterocycles. The van der Waals surface area contributed by atoms with Crippen molar-refractivity contribution in [3.8, 4) is 11.5 Å². The maximum absolute atomic E-state index is 12.2. The summed E-state index contributed by atoms with van der Waals surface area (Å²) in [4.78, 5) is 32.4. The van der Waals surface area contributed by atoms with Gasteiger partial charge >= 0.3 is 11.9 Å². The number of aliphatic hydroxyl groups excluding tert-OH is 1. The summed E-state index contributed by atoms with van der Waals surface area (Å²) in [5, 5.41) is 30.2. The van der Waals surface area contributed by atoms with Gasteiger partial charge in [-0.2, -0.15) is 0 Å². The van der Waals surface area contributed by atoms with Crippen molar-refractivity contribution in [3.63, 3.8) is 0 Å². The first-order valence-corrected chi connectivity index (χ1v) is 29.4. The molecule has 0 fully saturated rings. The molecule has 0 aliphatic rings. The lowest BCUT2D eigenvalue weighted by Gasteiger charge is -2.28. The van der Waals surface area contributed by atoms with Crippen LogP contribution < -0.4 is 0 Å². The van der Waals surface area contributed by atoms with E-state index in [1.807, 2.05) is 50.2 Å². The number of para-hydroxylation sites is 2. The molecule has 0 unspecified atom stereocenters. The number of methoxy groups -OCH3 is 1. The summed E-state index contributed by atoms with van der Waals surface area (Å²) in [6.07, 6.45) is 0. The van der Waals surface area contributed by atoms with E-state index in [1.165, 1.54) is 28.3 Å². The molecular formula is C56H82N2O8S6. The Morgan fingerprint density at radius 1 is 0.583 bits per heavy atom. The van der Waals surface area contributed by atoms with E-state index >= 15 is 0 Å². The van der Waals surface area contributed by atoms with Crippen molar-refractivity contribution in [1.82, 2.24) is 9.97 Å². The normalized spacial score (nSPS) is 11.4. The lowest BCUT2D eigenvalue weighted by atomic mass is 9.78. The number of aromatic nitrogens is 2. The fraction of sp³-hybridized carbons (Fsp3) is 0.500. The first-order valence-electron chi connectivity index (χ1n) is 23.5. The van der Waals surface area contributed by atoms with Crippen LogP contribution in [0.3, 0.4) is 0 Å². The van der Waals surface area contributed by atoms with Crippen LogP contribution in [-0.2, 0) is 52.2 Å². The SMILES string of the molecule is C.CC.CC(C)(C)c1cc(CSCC(=O)OCCSc2nc3ccccc3s2)cc(C(C)(C)C)c1O.COC(=O)CSCc1cc(C(C)(C)C)c(O)c(C(C)(C)C)c1.O.OCCSc1nc2ccccc2s1.